The zero-order valence-corrected chi connectivity index (χ0v) is 9.40. The van der Waals surface area contributed by atoms with Crippen LogP contribution < -0.4 is 0 Å². The molecule has 0 bridgehead atoms. The average molecular weight is 202 g/mol. The van der Waals surface area contributed by atoms with Gasteiger partial charge in [0.25, 0.3) is 0 Å². The van der Waals surface area contributed by atoms with Crippen molar-refractivity contribution >= 4 is 0 Å². The molecule has 1 aliphatic heterocycles. The molecule has 1 rings (SSSR count). The maximum Gasteiger partial charge on any atom is 0.0824 e. The van der Waals surface area contributed by atoms with E-state index in [4.69, 9.17) is 9.47 Å². The number of rotatable bonds is 5. The SMILES string of the molecule is CC(C)C(C)OCC(O)C1CCOC1. The van der Waals surface area contributed by atoms with Gasteiger partial charge in [-0.15, -0.1) is 0 Å². The minimum atomic E-state index is -0.362. The van der Waals surface area contributed by atoms with Crippen molar-refractivity contribution in [2.24, 2.45) is 11.8 Å². The van der Waals surface area contributed by atoms with Crippen LogP contribution in [-0.4, -0.2) is 37.1 Å². The lowest BCUT2D eigenvalue weighted by Gasteiger charge is -2.21. The van der Waals surface area contributed by atoms with Gasteiger partial charge in [0.15, 0.2) is 0 Å². The third-order valence-corrected chi connectivity index (χ3v) is 2.98. The molecule has 0 spiro atoms. The molecular formula is C11H22O3. The summed E-state index contributed by atoms with van der Waals surface area (Å²) in [5.41, 5.74) is 0. The molecule has 3 atom stereocenters. The summed E-state index contributed by atoms with van der Waals surface area (Å²) in [7, 11) is 0. The van der Waals surface area contributed by atoms with Gasteiger partial charge >= 0.3 is 0 Å². The van der Waals surface area contributed by atoms with E-state index in [1.807, 2.05) is 6.92 Å². The van der Waals surface area contributed by atoms with Gasteiger partial charge < -0.3 is 14.6 Å². The Morgan fingerprint density at radius 2 is 2.14 bits per heavy atom. The van der Waals surface area contributed by atoms with Crippen molar-refractivity contribution in [3.8, 4) is 0 Å². The van der Waals surface area contributed by atoms with Crippen molar-refractivity contribution in [3.05, 3.63) is 0 Å². The Kier molecular flexibility index (Phi) is 4.85. The third kappa shape index (κ3) is 3.56. The molecule has 0 radical (unpaired) electrons. The van der Waals surface area contributed by atoms with Crippen LogP contribution >= 0.6 is 0 Å². The lowest BCUT2D eigenvalue weighted by Crippen LogP contribution is -2.29. The molecule has 0 aromatic carbocycles. The second-order valence-electron chi connectivity index (χ2n) is 4.47. The van der Waals surface area contributed by atoms with Crippen LogP contribution in [0.15, 0.2) is 0 Å². The molecule has 3 heteroatoms. The fourth-order valence-electron chi connectivity index (χ4n) is 1.44. The van der Waals surface area contributed by atoms with Crippen LogP contribution in [0.4, 0.5) is 0 Å². The van der Waals surface area contributed by atoms with Crippen molar-refractivity contribution in [2.45, 2.75) is 39.4 Å². The Labute approximate surface area is 86.4 Å². The highest BCUT2D eigenvalue weighted by Gasteiger charge is 2.24. The standard InChI is InChI=1S/C11H22O3/c1-8(2)9(3)14-7-11(12)10-4-5-13-6-10/h8-12H,4-7H2,1-3H3. The number of aliphatic hydroxyl groups excluding tert-OH is 1. The molecule has 1 heterocycles. The van der Waals surface area contributed by atoms with E-state index in [1.54, 1.807) is 0 Å². The van der Waals surface area contributed by atoms with Crippen molar-refractivity contribution in [1.29, 1.82) is 0 Å². The number of hydrogen-bond donors (Lipinski definition) is 1. The fourth-order valence-corrected chi connectivity index (χ4v) is 1.44. The molecule has 3 nitrogen and oxygen atoms in total. The highest BCUT2D eigenvalue weighted by molar-refractivity contribution is 4.72. The first-order valence-electron chi connectivity index (χ1n) is 5.48. The smallest absolute Gasteiger partial charge is 0.0824 e. The van der Waals surface area contributed by atoms with Crippen molar-refractivity contribution in [1.82, 2.24) is 0 Å². The van der Waals surface area contributed by atoms with E-state index in [9.17, 15) is 5.11 Å². The van der Waals surface area contributed by atoms with Crippen LogP contribution in [0.1, 0.15) is 27.2 Å². The Morgan fingerprint density at radius 1 is 1.43 bits per heavy atom. The summed E-state index contributed by atoms with van der Waals surface area (Å²) in [5, 5.41) is 9.77. The van der Waals surface area contributed by atoms with Crippen LogP contribution in [0.3, 0.4) is 0 Å². The molecule has 1 fully saturated rings. The van der Waals surface area contributed by atoms with E-state index in [2.05, 4.69) is 13.8 Å². The topological polar surface area (TPSA) is 38.7 Å². The maximum absolute atomic E-state index is 9.77. The van der Waals surface area contributed by atoms with E-state index >= 15 is 0 Å². The lowest BCUT2D eigenvalue weighted by atomic mass is 10.0. The molecule has 3 unspecified atom stereocenters. The molecule has 0 aromatic rings. The van der Waals surface area contributed by atoms with E-state index in [0.717, 1.165) is 13.0 Å². The van der Waals surface area contributed by atoms with E-state index in [1.165, 1.54) is 0 Å². The molecule has 1 N–H and O–H groups in total. The Hall–Kier alpha value is -0.120. The molecule has 84 valence electrons. The predicted molar refractivity (Wildman–Crippen MR) is 55.2 cm³/mol. The Balaban J connectivity index is 2.16. The molecule has 0 aromatic heterocycles. The van der Waals surface area contributed by atoms with Gasteiger partial charge in [-0.05, 0) is 19.3 Å². The van der Waals surface area contributed by atoms with Crippen molar-refractivity contribution < 1.29 is 14.6 Å². The Bertz CT molecular complexity index is 153. The second kappa shape index (κ2) is 5.69. The molecule has 1 aliphatic rings. The number of hydrogen-bond acceptors (Lipinski definition) is 3. The normalized spacial score (nSPS) is 26.8. The summed E-state index contributed by atoms with van der Waals surface area (Å²) in [6.45, 7) is 8.18. The van der Waals surface area contributed by atoms with Crippen LogP contribution in [0.25, 0.3) is 0 Å². The van der Waals surface area contributed by atoms with Crippen LogP contribution in [-0.2, 0) is 9.47 Å². The summed E-state index contributed by atoms with van der Waals surface area (Å²) in [4.78, 5) is 0. The van der Waals surface area contributed by atoms with E-state index in [0.29, 0.717) is 19.1 Å². The van der Waals surface area contributed by atoms with Gasteiger partial charge in [-0.25, -0.2) is 0 Å². The molecular weight excluding hydrogens is 180 g/mol. The van der Waals surface area contributed by atoms with Gasteiger partial charge in [-0.3, -0.25) is 0 Å². The molecule has 1 saturated heterocycles. The zero-order chi connectivity index (χ0) is 10.6. The predicted octanol–water partition coefficient (Wildman–Crippen LogP) is 1.44. The number of ether oxygens (including phenoxy) is 2. The maximum atomic E-state index is 9.77. The van der Waals surface area contributed by atoms with Crippen LogP contribution in [0, 0.1) is 11.8 Å². The third-order valence-electron chi connectivity index (χ3n) is 2.98. The van der Waals surface area contributed by atoms with E-state index in [-0.39, 0.29) is 18.1 Å². The van der Waals surface area contributed by atoms with Gasteiger partial charge in [0.1, 0.15) is 0 Å². The number of aliphatic hydroxyl groups is 1. The van der Waals surface area contributed by atoms with E-state index < -0.39 is 0 Å². The lowest BCUT2D eigenvalue weighted by molar-refractivity contribution is -0.0404. The van der Waals surface area contributed by atoms with Gasteiger partial charge in [0, 0.05) is 12.5 Å². The summed E-state index contributed by atoms with van der Waals surface area (Å²) >= 11 is 0. The minimum Gasteiger partial charge on any atom is -0.390 e. The highest BCUT2D eigenvalue weighted by Crippen LogP contribution is 2.17. The molecule has 14 heavy (non-hydrogen) atoms. The van der Waals surface area contributed by atoms with Crippen LogP contribution in [0.5, 0.6) is 0 Å². The minimum absolute atomic E-state index is 0.215. The first-order chi connectivity index (χ1) is 6.61. The highest BCUT2D eigenvalue weighted by atomic mass is 16.5. The van der Waals surface area contributed by atoms with Gasteiger partial charge in [-0.2, -0.15) is 0 Å². The monoisotopic (exact) mass is 202 g/mol. The zero-order valence-electron chi connectivity index (χ0n) is 9.40. The fraction of sp³-hybridized carbons (Fsp3) is 1.00. The summed E-state index contributed by atoms with van der Waals surface area (Å²) in [6.07, 6.45) is 0.811. The van der Waals surface area contributed by atoms with Crippen molar-refractivity contribution in [3.63, 3.8) is 0 Å². The second-order valence-corrected chi connectivity index (χ2v) is 4.47. The van der Waals surface area contributed by atoms with Gasteiger partial charge in [-0.1, -0.05) is 13.8 Å². The van der Waals surface area contributed by atoms with Gasteiger partial charge in [0.05, 0.1) is 25.4 Å². The Morgan fingerprint density at radius 3 is 2.64 bits per heavy atom. The first kappa shape index (κ1) is 12.0. The van der Waals surface area contributed by atoms with Crippen molar-refractivity contribution in [2.75, 3.05) is 19.8 Å². The molecule has 0 aliphatic carbocycles. The summed E-state index contributed by atoms with van der Waals surface area (Å²) in [6, 6.07) is 0. The molecule has 0 amide bonds. The molecule has 0 saturated carbocycles. The quantitative estimate of drug-likeness (QED) is 0.733. The summed E-state index contributed by atoms with van der Waals surface area (Å²) < 4.78 is 10.8. The summed E-state index contributed by atoms with van der Waals surface area (Å²) in [5.74, 6) is 0.774. The van der Waals surface area contributed by atoms with Gasteiger partial charge in [0.2, 0.25) is 0 Å². The first-order valence-corrected chi connectivity index (χ1v) is 5.48. The largest absolute Gasteiger partial charge is 0.390 e. The van der Waals surface area contributed by atoms with Crippen LogP contribution in [0.2, 0.25) is 0 Å². The average Bonchev–Trinajstić information content (AvgIpc) is 2.66.